The first kappa shape index (κ1) is 10.8. The van der Waals surface area contributed by atoms with E-state index in [4.69, 9.17) is 5.84 Å². The highest BCUT2D eigenvalue weighted by Gasteiger charge is 2.18. The summed E-state index contributed by atoms with van der Waals surface area (Å²) in [6, 6.07) is 1.99. The fraction of sp³-hybridized carbons (Fsp3) is 0.222. The zero-order valence-electron chi connectivity index (χ0n) is 8.14. The fourth-order valence-corrected chi connectivity index (χ4v) is 2.92. The minimum atomic E-state index is -0.0544. The summed E-state index contributed by atoms with van der Waals surface area (Å²) in [7, 11) is 1.95. The fourth-order valence-electron chi connectivity index (χ4n) is 1.42. The van der Waals surface area contributed by atoms with Crippen LogP contribution in [0.25, 0.3) is 0 Å². The monoisotopic (exact) mass is 286 g/mol. The first-order chi connectivity index (χ1) is 7.22. The van der Waals surface area contributed by atoms with Crippen molar-refractivity contribution < 1.29 is 0 Å². The molecule has 2 rings (SSSR count). The van der Waals surface area contributed by atoms with Gasteiger partial charge in [0.1, 0.15) is 11.9 Å². The van der Waals surface area contributed by atoms with Gasteiger partial charge < -0.3 is 4.57 Å². The van der Waals surface area contributed by atoms with Gasteiger partial charge in [-0.05, 0) is 22.0 Å². The van der Waals surface area contributed by atoms with Gasteiger partial charge in [0.15, 0.2) is 0 Å². The number of hydrogen-bond acceptors (Lipinski definition) is 4. The highest BCUT2D eigenvalue weighted by atomic mass is 79.9. The highest BCUT2D eigenvalue weighted by Crippen LogP contribution is 2.28. The zero-order valence-corrected chi connectivity index (χ0v) is 10.5. The number of halogens is 1. The number of rotatable bonds is 3. The quantitative estimate of drug-likeness (QED) is 0.668. The minimum Gasteiger partial charge on any atom is -0.336 e. The number of aromatic nitrogens is 2. The average Bonchev–Trinajstić information content (AvgIpc) is 2.79. The maximum Gasteiger partial charge on any atom is 0.132 e. The van der Waals surface area contributed by atoms with E-state index in [1.807, 2.05) is 29.3 Å². The van der Waals surface area contributed by atoms with Crippen LogP contribution in [-0.4, -0.2) is 9.55 Å². The number of aryl methyl sites for hydroxylation is 1. The van der Waals surface area contributed by atoms with Crippen LogP contribution in [0.2, 0.25) is 0 Å². The maximum absolute atomic E-state index is 5.56. The molecule has 0 spiro atoms. The summed E-state index contributed by atoms with van der Waals surface area (Å²) in [5.41, 5.74) is 2.78. The molecule has 0 amide bonds. The average molecular weight is 287 g/mol. The Morgan fingerprint density at radius 3 is 2.93 bits per heavy atom. The molecule has 1 atom stereocenters. The van der Waals surface area contributed by atoms with Crippen LogP contribution in [0, 0.1) is 0 Å². The van der Waals surface area contributed by atoms with Gasteiger partial charge in [-0.2, -0.15) is 0 Å². The predicted octanol–water partition coefficient (Wildman–Crippen LogP) is 1.80. The third-order valence-corrected chi connectivity index (χ3v) is 3.91. The highest BCUT2D eigenvalue weighted by molar-refractivity contribution is 9.10. The molecule has 80 valence electrons. The number of thiophene rings is 1. The van der Waals surface area contributed by atoms with Crippen LogP contribution < -0.4 is 11.3 Å². The van der Waals surface area contributed by atoms with Gasteiger partial charge in [0.25, 0.3) is 0 Å². The lowest BCUT2D eigenvalue weighted by Crippen LogP contribution is -2.30. The predicted molar refractivity (Wildman–Crippen MR) is 64.4 cm³/mol. The summed E-state index contributed by atoms with van der Waals surface area (Å²) in [6.07, 6.45) is 3.67. The van der Waals surface area contributed by atoms with Crippen LogP contribution in [0.4, 0.5) is 0 Å². The van der Waals surface area contributed by atoms with Gasteiger partial charge in [-0.1, -0.05) is 0 Å². The largest absolute Gasteiger partial charge is 0.336 e. The van der Waals surface area contributed by atoms with Crippen molar-refractivity contribution in [1.82, 2.24) is 15.0 Å². The van der Waals surface area contributed by atoms with Crippen LogP contribution in [0.5, 0.6) is 0 Å². The van der Waals surface area contributed by atoms with Crippen molar-refractivity contribution in [2.24, 2.45) is 12.9 Å². The molecule has 0 saturated heterocycles. The third-order valence-electron chi connectivity index (χ3n) is 2.16. The van der Waals surface area contributed by atoms with Crippen molar-refractivity contribution in [3.8, 4) is 0 Å². The lowest BCUT2D eigenvalue weighted by atomic mass is 10.2. The van der Waals surface area contributed by atoms with Crippen LogP contribution >= 0.6 is 27.3 Å². The molecule has 2 aromatic rings. The van der Waals surface area contributed by atoms with Crippen molar-refractivity contribution >= 4 is 27.3 Å². The van der Waals surface area contributed by atoms with E-state index in [0.717, 1.165) is 15.2 Å². The van der Waals surface area contributed by atoms with Gasteiger partial charge in [-0.15, -0.1) is 11.3 Å². The summed E-state index contributed by atoms with van der Waals surface area (Å²) in [6.45, 7) is 0. The first-order valence-electron chi connectivity index (χ1n) is 4.39. The first-order valence-corrected chi connectivity index (χ1v) is 6.07. The number of nitrogens with one attached hydrogen (secondary N) is 1. The Labute approximate surface area is 100 Å². The Kier molecular flexibility index (Phi) is 3.20. The van der Waals surface area contributed by atoms with Crippen LogP contribution in [0.15, 0.2) is 28.3 Å². The summed E-state index contributed by atoms with van der Waals surface area (Å²) < 4.78 is 3.02. The Morgan fingerprint density at radius 2 is 2.47 bits per heavy atom. The molecule has 2 heterocycles. The number of nitrogens with zero attached hydrogens (tertiary/aromatic N) is 2. The molecule has 0 saturated carbocycles. The summed E-state index contributed by atoms with van der Waals surface area (Å²) in [5, 5.41) is 2.03. The van der Waals surface area contributed by atoms with E-state index in [1.54, 1.807) is 17.5 Å². The van der Waals surface area contributed by atoms with Crippen LogP contribution in [-0.2, 0) is 7.05 Å². The number of imidazole rings is 1. The van der Waals surface area contributed by atoms with E-state index in [-0.39, 0.29) is 6.04 Å². The number of hydrazine groups is 1. The number of nitrogens with two attached hydrogens (primary N) is 1. The molecule has 15 heavy (non-hydrogen) atoms. The van der Waals surface area contributed by atoms with Gasteiger partial charge in [0.2, 0.25) is 0 Å². The molecule has 3 N–H and O–H groups in total. The van der Waals surface area contributed by atoms with Crippen molar-refractivity contribution in [3.63, 3.8) is 0 Å². The van der Waals surface area contributed by atoms with E-state index in [2.05, 4.69) is 26.3 Å². The molecule has 0 aliphatic carbocycles. The molecular weight excluding hydrogens is 276 g/mol. The molecule has 4 nitrogen and oxygen atoms in total. The SMILES string of the molecule is Cn1ccnc1C(NN)c1cc(Br)cs1. The van der Waals surface area contributed by atoms with Crippen molar-refractivity contribution in [2.45, 2.75) is 6.04 Å². The summed E-state index contributed by atoms with van der Waals surface area (Å²) >= 11 is 5.07. The van der Waals surface area contributed by atoms with Crippen molar-refractivity contribution in [2.75, 3.05) is 0 Å². The number of hydrogen-bond donors (Lipinski definition) is 2. The Bertz CT molecular complexity index is 450. The minimum absolute atomic E-state index is 0.0544. The topological polar surface area (TPSA) is 55.9 Å². The summed E-state index contributed by atoms with van der Waals surface area (Å²) in [5.74, 6) is 6.47. The van der Waals surface area contributed by atoms with Gasteiger partial charge in [-0.25, -0.2) is 10.4 Å². The van der Waals surface area contributed by atoms with E-state index in [0.29, 0.717) is 0 Å². The molecule has 0 aromatic carbocycles. The van der Waals surface area contributed by atoms with Crippen LogP contribution in [0.3, 0.4) is 0 Å². The maximum atomic E-state index is 5.56. The van der Waals surface area contributed by atoms with Gasteiger partial charge in [0, 0.05) is 34.2 Å². The summed E-state index contributed by atoms with van der Waals surface area (Å²) in [4.78, 5) is 5.42. The van der Waals surface area contributed by atoms with Crippen molar-refractivity contribution in [1.29, 1.82) is 0 Å². The molecule has 2 aromatic heterocycles. The van der Waals surface area contributed by atoms with Gasteiger partial charge >= 0.3 is 0 Å². The van der Waals surface area contributed by atoms with Gasteiger partial charge in [-0.3, -0.25) is 5.84 Å². The van der Waals surface area contributed by atoms with Crippen LogP contribution in [0.1, 0.15) is 16.7 Å². The second kappa shape index (κ2) is 4.44. The molecule has 6 heteroatoms. The Morgan fingerprint density at radius 1 is 1.67 bits per heavy atom. The van der Waals surface area contributed by atoms with Gasteiger partial charge in [0.05, 0.1) is 0 Å². The molecule has 0 bridgehead atoms. The lowest BCUT2D eigenvalue weighted by Gasteiger charge is -2.13. The lowest BCUT2D eigenvalue weighted by molar-refractivity contribution is 0.587. The van der Waals surface area contributed by atoms with E-state index in [9.17, 15) is 0 Å². The second-order valence-electron chi connectivity index (χ2n) is 3.16. The standard InChI is InChI=1S/C9H11BrN4S/c1-14-3-2-12-9(14)8(13-11)7-4-6(10)5-15-7/h2-5,8,13H,11H2,1H3. The van der Waals surface area contributed by atoms with E-state index in [1.165, 1.54) is 0 Å². The normalized spacial score (nSPS) is 13.0. The molecule has 1 unspecified atom stereocenters. The molecule has 0 radical (unpaired) electrons. The van der Waals surface area contributed by atoms with Crippen molar-refractivity contribution in [3.05, 3.63) is 39.0 Å². The van der Waals surface area contributed by atoms with E-state index >= 15 is 0 Å². The smallest absolute Gasteiger partial charge is 0.132 e. The molecule has 0 aliphatic heterocycles. The van der Waals surface area contributed by atoms with E-state index < -0.39 is 0 Å². The molecule has 0 fully saturated rings. The Balaban J connectivity index is 2.36. The molecular formula is C9H11BrN4S. The zero-order chi connectivity index (χ0) is 10.8. The molecule has 0 aliphatic rings. The second-order valence-corrected chi connectivity index (χ2v) is 5.02. The Hall–Kier alpha value is -0.690. The third kappa shape index (κ3) is 2.12.